The Morgan fingerprint density at radius 1 is 1.25 bits per heavy atom. The van der Waals surface area contributed by atoms with Crippen LogP contribution >= 0.6 is 0 Å². The van der Waals surface area contributed by atoms with Gasteiger partial charge in [0.2, 0.25) is 5.54 Å². The van der Waals surface area contributed by atoms with Gasteiger partial charge >= 0.3 is 0 Å². The van der Waals surface area contributed by atoms with Crippen molar-refractivity contribution in [1.82, 2.24) is 0 Å². The predicted octanol–water partition coefficient (Wildman–Crippen LogP) is 3.26. The second-order valence-corrected chi connectivity index (χ2v) is 4.54. The molecule has 0 aromatic heterocycles. The molecule has 2 atom stereocenters. The van der Waals surface area contributed by atoms with Crippen LogP contribution in [0.1, 0.15) is 45.4 Å². The lowest BCUT2D eigenvalue weighted by Crippen LogP contribution is -2.23. The van der Waals surface area contributed by atoms with Crippen LogP contribution in [0.5, 0.6) is 0 Å². The minimum atomic E-state index is 0.112. The smallest absolute Gasteiger partial charge is 0.238 e. The average molecular weight is 163 g/mol. The van der Waals surface area contributed by atoms with Gasteiger partial charge in [-0.2, -0.15) is 0 Å². The zero-order valence-corrected chi connectivity index (χ0v) is 7.84. The van der Waals surface area contributed by atoms with Crippen LogP contribution < -0.4 is 0 Å². The average Bonchev–Trinajstić information content (AvgIpc) is 2.80. The van der Waals surface area contributed by atoms with Crippen molar-refractivity contribution in [2.45, 2.75) is 51.0 Å². The van der Waals surface area contributed by atoms with Gasteiger partial charge in [-0.15, -0.1) is 0 Å². The first-order chi connectivity index (χ1) is 5.79. The third kappa shape index (κ3) is 1.05. The molecular weight excluding hydrogens is 146 g/mol. The summed E-state index contributed by atoms with van der Waals surface area (Å²) in [5.41, 5.74) is 0.112. The summed E-state index contributed by atoms with van der Waals surface area (Å²) in [7, 11) is 0. The normalized spacial score (nSPS) is 42.2. The quantitative estimate of drug-likeness (QED) is 0.523. The first-order valence-electron chi connectivity index (χ1n) is 5.18. The maximum absolute atomic E-state index is 7.26. The van der Waals surface area contributed by atoms with Crippen molar-refractivity contribution in [2.24, 2.45) is 11.8 Å². The second kappa shape index (κ2) is 2.76. The van der Waals surface area contributed by atoms with Gasteiger partial charge in [-0.25, -0.2) is 6.57 Å². The molecule has 0 aromatic carbocycles. The Hall–Kier alpha value is -0.510. The van der Waals surface area contributed by atoms with Gasteiger partial charge in [0, 0.05) is 18.3 Å². The highest BCUT2D eigenvalue weighted by atomic mass is 14.9. The van der Waals surface area contributed by atoms with E-state index in [9.17, 15) is 0 Å². The van der Waals surface area contributed by atoms with Gasteiger partial charge in [0.15, 0.2) is 0 Å². The molecule has 1 nitrogen and oxygen atoms in total. The van der Waals surface area contributed by atoms with Crippen molar-refractivity contribution in [1.29, 1.82) is 0 Å². The SMILES string of the molecule is [C-]#[N+]C1(C2CCCCC2)CC1C. The van der Waals surface area contributed by atoms with Gasteiger partial charge in [0.1, 0.15) is 0 Å². The number of nitrogens with zero attached hydrogens (tertiary/aromatic N) is 1. The Kier molecular flexibility index (Phi) is 1.87. The molecule has 0 saturated heterocycles. The summed E-state index contributed by atoms with van der Waals surface area (Å²) in [6.07, 6.45) is 7.98. The van der Waals surface area contributed by atoms with Crippen molar-refractivity contribution in [2.75, 3.05) is 0 Å². The first-order valence-corrected chi connectivity index (χ1v) is 5.18. The molecule has 2 aliphatic carbocycles. The lowest BCUT2D eigenvalue weighted by atomic mass is 9.81. The molecule has 0 N–H and O–H groups in total. The van der Waals surface area contributed by atoms with Crippen LogP contribution in [0.4, 0.5) is 0 Å². The Morgan fingerprint density at radius 3 is 2.25 bits per heavy atom. The lowest BCUT2D eigenvalue weighted by Gasteiger charge is -2.22. The topological polar surface area (TPSA) is 4.36 Å². The van der Waals surface area contributed by atoms with E-state index in [-0.39, 0.29) is 5.54 Å². The Bertz CT molecular complexity index is 210. The molecule has 0 aromatic rings. The summed E-state index contributed by atoms with van der Waals surface area (Å²) >= 11 is 0. The van der Waals surface area contributed by atoms with Crippen LogP contribution in [-0.2, 0) is 0 Å². The van der Waals surface area contributed by atoms with Crippen LogP contribution in [-0.4, -0.2) is 5.54 Å². The largest absolute Gasteiger partial charge is 0.310 e. The fraction of sp³-hybridized carbons (Fsp3) is 0.909. The third-order valence-electron chi connectivity index (χ3n) is 3.85. The van der Waals surface area contributed by atoms with Crippen molar-refractivity contribution in [3.8, 4) is 0 Å². The predicted molar refractivity (Wildman–Crippen MR) is 49.7 cm³/mol. The molecule has 2 saturated carbocycles. The van der Waals surface area contributed by atoms with E-state index in [0.29, 0.717) is 5.92 Å². The van der Waals surface area contributed by atoms with Gasteiger partial charge in [0.05, 0.1) is 0 Å². The molecule has 2 aliphatic rings. The van der Waals surface area contributed by atoms with E-state index in [1.54, 1.807) is 0 Å². The van der Waals surface area contributed by atoms with E-state index in [4.69, 9.17) is 6.57 Å². The lowest BCUT2D eigenvalue weighted by molar-refractivity contribution is 0.306. The first kappa shape index (κ1) is 8.10. The zero-order valence-electron chi connectivity index (χ0n) is 7.84. The zero-order chi connectivity index (χ0) is 8.60. The number of hydrogen-bond acceptors (Lipinski definition) is 0. The fourth-order valence-electron chi connectivity index (χ4n) is 2.85. The molecule has 1 heteroatoms. The third-order valence-corrected chi connectivity index (χ3v) is 3.85. The molecule has 2 unspecified atom stereocenters. The van der Waals surface area contributed by atoms with Gasteiger partial charge in [-0.3, -0.25) is 0 Å². The summed E-state index contributed by atoms with van der Waals surface area (Å²) < 4.78 is 0. The highest BCUT2D eigenvalue weighted by molar-refractivity contribution is 5.19. The second-order valence-electron chi connectivity index (χ2n) is 4.54. The summed E-state index contributed by atoms with van der Waals surface area (Å²) in [6.45, 7) is 9.50. The van der Waals surface area contributed by atoms with Gasteiger partial charge in [-0.05, 0) is 12.8 Å². The molecule has 0 radical (unpaired) electrons. The Morgan fingerprint density at radius 2 is 1.83 bits per heavy atom. The molecule has 0 spiro atoms. The molecule has 66 valence electrons. The highest BCUT2D eigenvalue weighted by Crippen LogP contribution is 2.56. The number of hydrogen-bond donors (Lipinski definition) is 0. The van der Waals surface area contributed by atoms with E-state index < -0.39 is 0 Å². The van der Waals surface area contributed by atoms with Crippen LogP contribution in [0.2, 0.25) is 0 Å². The highest BCUT2D eigenvalue weighted by Gasteiger charge is 2.63. The van der Waals surface area contributed by atoms with Gasteiger partial charge in [-0.1, -0.05) is 26.2 Å². The van der Waals surface area contributed by atoms with E-state index >= 15 is 0 Å². The minimum absolute atomic E-state index is 0.112. The van der Waals surface area contributed by atoms with E-state index in [0.717, 1.165) is 5.92 Å². The molecule has 12 heavy (non-hydrogen) atoms. The Balaban J connectivity index is 2.03. The van der Waals surface area contributed by atoms with E-state index in [2.05, 4.69) is 11.8 Å². The molecular formula is C11H17N. The summed E-state index contributed by atoms with van der Waals surface area (Å²) in [6, 6.07) is 0. The summed E-state index contributed by atoms with van der Waals surface area (Å²) in [5.74, 6) is 1.44. The van der Waals surface area contributed by atoms with Crippen molar-refractivity contribution in [3.63, 3.8) is 0 Å². The molecule has 2 fully saturated rings. The molecule has 0 amide bonds. The molecule has 0 heterocycles. The van der Waals surface area contributed by atoms with Gasteiger partial charge in [0.25, 0.3) is 0 Å². The maximum Gasteiger partial charge on any atom is 0.238 e. The van der Waals surface area contributed by atoms with Crippen LogP contribution in [0.25, 0.3) is 4.85 Å². The molecule has 0 aliphatic heterocycles. The summed E-state index contributed by atoms with van der Waals surface area (Å²) in [4.78, 5) is 3.89. The monoisotopic (exact) mass is 163 g/mol. The van der Waals surface area contributed by atoms with Crippen LogP contribution in [0.3, 0.4) is 0 Å². The van der Waals surface area contributed by atoms with Crippen LogP contribution in [0.15, 0.2) is 0 Å². The van der Waals surface area contributed by atoms with Crippen molar-refractivity contribution in [3.05, 3.63) is 11.4 Å². The summed E-state index contributed by atoms with van der Waals surface area (Å²) in [5, 5.41) is 0. The van der Waals surface area contributed by atoms with E-state index in [1.165, 1.54) is 38.5 Å². The van der Waals surface area contributed by atoms with Gasteiger partial charge < -0.3 is 4.85 Å². The Labute approximate surface area is 75.0 Å². The molecule has 2 rings (SSSR count). The molecule has 0 bridgehead atoms. The fourth-order valence-corrected chi connectivity index (χ4v) is 2.85. The van der Waals surface area contributed by atoms with Crippen molar-refractivity contribution < 1.29 is 0 Å². The van der Waals surface area contributed by atoms with Crippen molar-refractivity contribution >= 4 is 0 Å². The maximum atomic E-state index is 7.26. The standard InChI is InChI=1S/C11H17N/c1-9-8-11(9,12-2)10-6-4-3-5-7-10/h9-10H,3-8H2,1H3. The van der Waals surface area contributed by atoms with E-state index in [1.807, 2.05) is 0 Å². The number of rotatable bonds is 1. The van der Waals surface area contributed by atoms with Crippen LogP contribution in [0, 0.1) is 18.4 Å². The minimum Gasteiger partial charge on any atom is -0.310 e.